The second-order valence-corrected chi connectivity index (χ2v) is 9.32. The number of hydrogen-bond donors (Lipinski definition) is 3. The van der Waals surface area contributed by atoms with E-state index in [4.69, 9.17) is 4.74 Å². The Labute approximate surface area is 200 Å². The molecule has 0 heterocycles. The summed E-state index contributed by atoms with van der Waals surface area (Å²) < 4.78 is 56.9. The maximum Gasteiger partial charge on any atom is 0.416 e. The van der Waals surface area contributed by atoms with Crippen molar-refractivity contribution in [2.75, 3.05) is 0 Å². The summed E-state index contributed by atoms with van der Waals surface area (Å²) in [7, 11) is 0. The van der Waals surface area contributed by atoms with Crippen molar-refractivity contribution >= 4 is 12.1 Å². The minimum absolute atomic E-state index is 0.0628. The van der Waals surface area contributed by atoms with Crippen LogP contribution in [0.2, 0.25) is 0 Å². The van der Waals surface area contributed by atoms with Crippen LogP contribution in [-0.4, -0.2) is 40.0 Å². The molecule has 6 nitrogen and oxygen atoms in total. The number of amides is 1. The minimum Gasteiger partial charge on any atom is -0.481 e. The third kappa shape index (κ3) is 9.56. The van der Waals surface area contributed by atoms with Gasteiger partial charge in [0, 0.05) is 0 Å². The molecule has 192 valence electrons. The SMILES string of the molecule is CC(C)(C)OC(=O)N[C@@H](Cc1ccc(F)cc1)[C@@H](O)C[C@@H](Cc1ccc(C(F)(F)F)cc1)C(=O)O. The highest BCUT2D eigenvalue weighted by atomic mass is 19.4. The van der Waals surface area contributed by atoms with Gasteiger partial charge in [-0.05, 0) is 75.4 Å². The van der Waals surface area contributed by atoms with Gasteiger partial charge in [0.25, 0.3) is 0 Å². The van der Waals surface area contributed by atoms with Crippen molar-refractivity contribution in [3.63, 3.8) is 0 Å². The van der Waals surface area contributed by atoms with Crippen molar-refractivity contribution < 1.29 is 42.1 Å². The van der Waals surface area contributed by atoms with Gasteiger partial charge in [0.2, 0.25) is 0 Å². The van der Waals surface area contributed by atoms with E-state index in [0.29, 0.717) is 11.1 Å². The number of alkyl carbamates (subject to hydrolysis) is 1. The summed E-state index contributed by atoms with van der Waals surface area (Å²) in [6.45, 7) is 4.97. The van der Waals surface area contributed by atoms with Crippen LogP contribution in [0.5, 0.6) is 0 Å². The zero-order valence-electron chi connectivity index (χ0n) is 19.6. The average Bonchev–Trinajstić information content (AvgIpc) is 2.72. The van der Waals surface area contributed by atoms with Crippen molar-refractivity contribution in [1.82, 2.24) is 5.32 Å². The van der Waals surface area contributed by atoms with E-state index in [-0.39, 0.29) is 19.3 Å². The first-order chi connectivity index (χ1) is 16.1. The third-order valence-electron chi connectivity index (χ3n) is 5.17. The summed E-state index contributed by atoms with van der Waals surface area (Å²) in [5.74, 6) is -2.85. The highest BCUT2D eigenvalue weighted by Gasteiger charge is 2.32. The van der Waals surface area contributed by atoms with Crippen LogP contribution in [0.1, 0.15) is 43.9 Å². The number of benzene rings is 2. The van der Waals surface area contributed by atoms with Gasteiger partial charge in [0.1, 0.15) is 11.4 Å². The number of rotatable bonds is 9. The molecule has 0 unspecified atom stereocenters. The van der Waals surface area contributed by atoms with Crippen LogP contribution in [0, 0.1) is 11.7 Å². The van der Waals surface area contributed by atoms with E-state index in [1.54, 1.807) is 20.8 Å². The molecule has 2 aromatic rings. The number of carboxylic acids is 1. The molecule has 3 N–H and O–H groups in total. The fourth-order valence-electron chi connectivity index (χ4n) is 3.46. The van der Waals surface area contributed by atoms with Crippen molar-refractivity contribution in [2.24, 2.45) is 5.92 Å². The van der Waals surface area contributed by atoms with E-state index in [9.17, 15) is 37.4 Å². The molecule has 2 aromatic carbocycles. The molecule has 1 amide bonds. The van der Waals surface area contributed by atoms with Gasteiger partial charge in [-0.15, -0.1) is 0 Å². The summed E-state index contributed by atoms with van der Waals surface area (Å²) in [6.07, 6.45) is -7.03. The number of aliphatic carboxylic acids is 1. The fourth-order valence-corrected chi connectivity index (χ4v) is 3.46. The lowest BCUT2D eigenvalue weighted by atomic mass is 9.89. The highest BCUT2D eigenvalue weighted by Crippen LogP contribution is 2.29. The zero-order chi connectivity index (χ0) is 26.4. The second-order valence-electron chi connectivity index (χ2n) is 9.32. The number of aliphatic hydroxyl groups is 1. The lowest BCUT2D eigenvalue weighted by Gasteiger charge is -2.28. The van der Waals surface area contributed by atoms with Gasteiger partial charge in [-0.25, -0.2) is 9.18 Å². The summed E-state index contributed by atoms with van der Waals surface area (Å²) in [5, 5.41) is 23.1. The molecule has 0 aliphatic rings. The summed E-state index contributed by atoms with van der Waals surface area (Å²) >= 11 is 0. The molecular formula is C25H29F4NO5. The Bertz CT molecular complexity index is 985. The third-order valence-corrected chi connectivity index (χ3v) is 5.17. The maximum absolute atomic E-state index is 13.3. The molecular weight excluding hydrogens is 470 g/mol. The van der Waals surface area contributed by atoms with Crippen molar-refractivity contribution in [1.29, 1.82) is 0 Å². The minimum atomic E-state index is -4.51. The second kappa shape index (κ2) is 11.5. The van der Waals surface area contributed by atoms with Crippen LogP contribution in [0.25, 0.3) is 0 Å². The van der Waals surface area contributed by atoms with Crippen LogP contribution in [0.3, 0.4) is 0 Å². The van der Waals surface area contributed by atoms with E-state index in [2.05, 4.69) is 5.32 Å². The quantitative estimate of drug-likeness (QED) is 0.423. The van der Waals surface area contributed by atoms with Crippen molar-refractivity contribution in [3.8, 4) is 0 Å². The van der Waals surface area contributed by atoms with Crippen LogP contribution in [-0.2, 0) is 28.5 Å². The van der Waals surface area contributed by atoms with E-state index in [1.165, 1.54) is 36.4 Å². The molecule has 35 heavy (non-hydrogen) atoms. The summed E-state index contributed by atoms with van der Waals surface area (Å²) in [4.78, 5) is 24.2. The predicted molar refractivity (Wildman–Crippen MR) is 120 cm³/mol. The maximum atomic E-state index is 13.3. The molecule has 0 saturated carbocycles. The van der Waals surface area contributed by atoms with E-state index in [1.807, 2.05) is 0 Å². The lowest BCUT2D eigenvalue weighted by molar-refractivity contribution is -0.143. The first-order valence-corrected chi connectivity index (χ1v) is 10.9. The van der Waals surface area contributed by atoms with Gasteiger partial charge >= 0.3 is 18.2 Å². The van der Waals surface area contributed by atoms with Crippen LogP contribution in [0.15, 0.2) is 48.5 Å². The van der Waals surface area contributed by atoms with E-state index < -0.39 is 53.3 Å². The smallest absolute Gasteiger partial charge is 0.416 e. The van der Waals surface area contributed by atoms with Crippen LogP contribution >= 0.6 is 0 Å². The number of aliphatic hydroxyl groups excluding tert-OH is 1. The van der Waals surface area contributed by atoms with Crippen molar-refractivity contribution in [2.45, 2.75) is 64.0 Å². The summed E-state index contributed by atoms with van der Waals surface area (Å²) in [6, 6.07) is 8.54. The van der Waals surface area contributed by atoms with Gasteiger partial charge in [-0.1, -0.05) is 24.3 Å². The Morgan fingerprint density at radius 3 is 1.94 bits per heavy atom. The topological polar surface area (TPSA) is 95.9 Å². The molecule has 0 aliphatic heterocycles. The Hall–Kier alpha value is -3.14. The summed E-state index contributed by atoms with van der Waals surface area (Å²) in [5.41, 5.74) is -0.732. The molecule has 0 aliphatic carbocycles. The first-order valence-electron chi connectivity index (χ1n) is 10.9. The normalized spacial score (nSPS) is 14.6. The molecule has 0 bridgehead atoms. The highest BCUT2D eigenvalue weighted by molar-refractivity contribution is 5.70. The van der Waals surface area contributed by atoms with Gasteiger partial charge in [0.15, 0.2) is 0 Å². The number of carbonyl (C=O) groups excluding carboxylic acids is 1. The van der Waals surface area contributed by atoms with E-state index in [0.717, 1.165) is 12.1 Å². The van der Waals surface area contributed by atoms with Gasteiger partial charge < -0.3 is 20.3 Å². The molecule has 3 atom stereocenters. The van der Waals surface area contributed by atoms with Crippen LogP contribution in [0.4, 0.5) is 22.4 Å². The molecule has 0 radical (unpaired) electrons. The largest absolute Gasteiger partial charge is 0.481 e. The fraction of sp³-hybridized carbons (Fsp3) is 0.440. The number of carboxylic acid groups (broad SMARTS) is 1. The van der Waals surface area contributed by atoms with Crippen LogP contribution < -0.4 is 5.32 Å². The Morgan fingerprint density at radius 2 is 1.46 bits per heavy atom. The lowest BCUT2D eigenvalue weighted by Crippen LogP contribution is -2.47. The Balaban J connectivity index is 2.18. The number of nitrogens with one attached hydrogen (secondary N) is 1. The van der Waals surface area contributed by atoms with Crippen molar-refractivity contribution in [3.05, 3.63) is 71.0 Å². The zero-order valence-corrected chi connectivity index (χ0v) is 19.6. The number of halogens is 4. The average molecular weight is 500 g/mol. The number of hydrogen-bond acceptors (Lipinski definition) is 4. The molecule has 0 spiro atoms. The molecule has 0 fully saturated rings. The van der Waals surface area contributed by atoms with E-state index >= 15 is 0 Å². The Kier molecular flexibility index (Phi) is 9.25. The number of carbonyl (C=O) groups is 2. The number of alkyl halides is 3. The first kappa shape index (κ1) is 28.1. The molecule has 0 aromatic heterocycles. The van der Waals surface area contributed by atoms with Gasteiger partial charge in [0.05, 0.1) is 23.6 Å². The number of ether oxygens (including phenoxy) is 1. The standard InChI is InChI=1S/C25H29F4NO5/c1-24(2,3)35-23(34)30-20(13-16-6-10-19(26)11-7-16)21(31)14-17(22(32)33)12-15-4-8-18(9-5-15)25(27,28)29/h4-11,17,20-21,31H,12-14H2,1-3H3,(H,30,34)(H,32,33)/t17-,20+,21+/m1/s1. The predicted octanol–water partition coefficient (Wildman–Crippen LogP) is 4.97. The van der Waals surface area contributed by atoms with Gasteiger partial charge in [-0.2, -0.15) is 13.2 Å². The molecule has 0 saturated heterocycles. The monoisotopic (exact) mass is 499 g/mol. The Morgan fingerprint density at radius 1 is 0.943 bits per heavy atom. The van der Waals surface area contributed by atoms with Gasteiger partial charge in [-0.3, -0.25) is 4.79 Å². The molecule has 10 heteroatoms. The molecule has 2 rings (SSSR count).